The van der Waals surface area contributed by atoms with Gasteiger partial charge in [-0.05, 0) is 46.7 Å². The molecule has 3 heterocycles. The Hall–Kier alpha value is -0.730. The molecule has 3 rings (SSSR count). The second-order valence-corrected chi connectivity index (χ2v) is 7.09. The van der Waals surface area contributed by atoms with E-state index in [0.717, 1.165) is 25.9 Å². The van der Waals surface area contributed by atoms with Crippen molar-refractivity contribution in [1.29, 1.82) is 0 Å². The molecule has 0 spiro atoms. The Morgan fingerprint density at radius 2 is 2.00 bits per heavy atom. The van der Waals surface area contributed by atoms with Gasteiger partial charge in [-0.15, -0.1) is 0 Å². The molecular weight excluding hydrogens is 314 g/mol. The van der Waals surface area contributed by atoms with Crippen molar-refractivity contribution in [3.8, 4) is 0 Å². The normalized spacial score (nSPS) is 36.7. The summed E-state index contributed by atoms with van der Waals surface area (Å²) in [6.07, 6.45) is 1.29. The summed E-state index contributed by atoms with van der Waals surface area (Å²) in [5, 5.41) is 0. The summed E-state index contributed by atoms with van der Waals surface area (Å²) in [7, 11) is 1.66. The van der Waals surface area contributed by atoms with Crippen LogP contribution in [0.15, 0.2) is 0 Å². The van der Waals surface area contributed by atoms with E-state index in [4.69, 9.17) is 23.7 Å². The molecule has 0 radical (unpaired) electrons. The summed E-state index contributed by atoms with van der Waals surface area (Å²) < 4.78 is 28.8. The highest BCUT2D eigenvalue weighted by atomic mass is 16.8. The summed E-state index contributed by atoms with van der Waals surface area (Å²) in [5.74, 6) is -0.881. The first-order valence-electron chi connectivity index (χ1n) is 8.88. The second kappa shape index (κ2) is 7.25. The number of esters is 1. The minimum Gasteiger partial charge on any atom is -0.466 e. The van der Waals surface area contributed by atoms with Gasteiger partial charge in [0.25, 0.3) is 0 Å². The van der Waals surface area contributed by atoms with E-state index < -0.39 is 12.1 Å². The lowest BCUT2D eigenvalue weighted by Crippen LogP contribution is -2.50. The van der Waals surface area contributed by atoms with E-state index in [1.807, 2.05) is 20.8 Å². The molecule has 7 heteroatoms. The van der Waals surface area contributed by atoms with Gasteiger partial charge in [0.1, 0.15) is 18.3 Å². The Morgan fingerprint density at radius 3 is 2.62 bits per heavy atom. The van der Waals surface area contributed by atoms with Gasteiger partial charge in [-0.2, -0.15) is 0 Å². The van der Waals surface area contributed by atoms with Crippen molar-refractivity contribution in [3.05, 3.63) is 0 Å². The van der Waals surface area contributed by atoms with E-state index in [9.17, 15) is 4.79 Å². The number of fused-ring (bicyclic) bond motifs is 1. The van der Waals surface area contributed by atoms with Crippen molar-refractivity contribution >= 4 is 5.97 Å². The lowest BCUT2D eigenvalue weighted by Gasteiger charge is -2.35. The third kappa shape index (κ3) is 3.60. The number of methoxy groups -OCH3 is 1. The average Bonchev–Trinajstić information content (AvgIpc) is 3.19. The molecule has 138 valence electrons. The smallest absolute Gasteiger partial charge is 0.307 e. The highest BCUT2D eigenvalue weighted by molar-refractivity contribution is 5.70. The number of carbonyl (C=O) groups is 1. The van der Waals surface area contributed by atoms with E-state index in [2.05, 4.69) is 4.90 Å². The van der Waals surface area contributed by atoms with Crippen LogP contribution in [0.1, 0.15) is 40.0 Å². The summed E-state index contributed by atoms with van der Waals surface area (Å²) in [6, 6.07) is -0.0857. The third-order valence-electron chi connectivity index (χ3n) is 4.97. The summed E-state index contributed by atoms with van der Waals surface area (Å²) >= 11 is 0. The Bertz CT molecular complexity index is 450. The van der Waals surface area contributed by atoms with E-state index in [1.54, 1.807) is 7.11 Å². The van der Waals surface area contributed by atoms with Crippen LogP contribution in [0.25, 0.3) is 0 Å². The third-order valence-corrected chi connectivity index (χ3v) is 4.97. The lowest BCUT2D eigenvalue weighted by atomic mass is 9.99. The minimum atomic E-state index is -0.679. The predicted molar refractivity (Wildman–Crippen MR) is 85.3 cm³/mol. The van der Waals surface area contributed by atoms with Gasteiger partial charge in [0.05, 0.1) is 13.0 Å². The monoisotopic (exact) mass is 343 g/mol. The Labute approximate surface area is 143 Å². The number of carbonyl (C=O) groups excluding carboxylic acids is 1. The van der Waals surface area contributed by atoms with Gasteiger partial charge in [0, 0.05) is 13.2 Å². The second-order valence-electron chi connectivity index (χ2n) is 7.09. The SMILES string of the molecule is CCOC(=O)C[C@@H]([C@H]1O[C@@H]2OC(C)(C)O[C@@H]2[C@H]1OC)N1CCCC1. The van der Waals surface area contributed by atoms with Crippen molar-refractivity contribution in [2.75, 3.05) is 26.8 Å². The van der Waals surface area contributed by atoms with Crippen LogP contribution in [0.3, 0.4) is 0 Å². The fraction of sp³-hybridized carbons (Fsp3) is 0.941. The van der Waals surface area contributed by atoms with Gasteiger partial charge < -0.3 is 23.7 Å². The maximum Gasteiger partial charge on any atom is 0.307 e. The van der Waals surface area contributed by atoms with Crippen LogP contribution in [-0.4, -0.2) is 74.1 Å². The van der Waals surface area contributed by atoms with Gasteiger partial charge in [-0.3, -0.25) is 9.69 Å². The number of rotatable bonds is 6. The molecule has 24 heavy (non-hydrogen) atoms. The maximum atomic E-state index is 12.1. The maximum absolute atomic E-state index is 12.1. The minimum absolute atomic E-state index is 0.0857. The summed E-state index contributed by atoms with van der Waals surface area (Å²) in [5.41, 5.74) is 0. The topological polar surface area (TPSA) is 66.5 Å². The molecule has 0 amide bonds. The molecule has 0 aromatic heterocycles. The molecule has 0 aromatic carbocycles. The molecule has 0 aromatic rings. The highest BCUT2D eigenvalue weighted by Crippen LogP contribution is 2.41. The van der Waals surface area contributed by atoms with Crippen LogP contribution in [0, 0.1) is 0 Å². The molecule has 0 bridgehead atoms. The molecule has 3 fully saturated rings. The highest BCUT2D eigenvalue weighted by Gasteiger charge is 2.57. The fourth-order valence-electron chi connectivity index (χ4n) is 4.00. The van der Waals surface area contributed by atoms with Crippen LogP contribution in [0.4, 0.5) is 0 Å². The van der Waals surface area contributed by atoms with Crippen molar-refractivity contribution in [2.24, 2.45) is 0 Å². The molecule has 3 aliphatic rings. The Morgan fingerprint density at radius 1 is 1.29 bits per heavy atom. The molecule has 5 atom stereocenters. The molecular formula is C17H29NO6. The number of likely N-dealkylation sites (tertiary alicyclic amines) is 1. The van der Waals surface area contributed by atoms with Gasteiger partial charge in [-0.25, -0.2) is 0 Å². The van der Waals surface area contributed by atoms with E-state index in [-0.39, 0.29) is 30.3 Å². The number of hydrogen-bond acceptors (Lipinski definition) is 7. The molecule has 3 aliphatic heterocycles. The largest absolute Gasteiger partial charge is 0.466 e. The zero-order chi connectivity index (χ0) is 17.3. The zero-order valence-corrected chi connectivity index (χ0v) is 15.0. The number of hydrogen-bond donors (Lipinski definition) is 0. The van der Waals surface area contributed by atoms with Crippen LogP contribution in [-0.2, 0) is 28.5 Å². The van der Waals surface area contributed by atoms with Crippen molar-refractivity contribution in [3.63, 3.8) is 0 Å². The van der Waals surface area contributed by atoms with Crippen LogP contribution in [0.2, 0.25) is 0 Å². The van der Waals surface area contributed by atoms with Crippen LogP contribution >= 0.6 is 0 Å². The van der Waals surface area contributed by atoms with E-state index in [0.29, 0.717) is 13.0 Å². The first kappa shape index (κ1) is 18.1. The van der Waals surface area contributed by atoms with Crippen molar-refractivity contribution in [1.82, 2.24) is 4.90 Å². The summed E-state index contributed by atoms with van der Waals surface area (Å²) in [4.78, 5) is 14.4. The zero-order valence-electron chi connectivity index (χ0n) is 15.0. The van der Waals surface area contributed by atoms with Crippen LogP contribution < -0.4 is 0 Å². The summed E-state index contributed by atoms with van der Waals surface area (Å²) in [6.45, 7) is 7.86. The number of ether oxygens (including phenoxy) is 5. The van der Waals surface area contributed by atoms with E-state index >= 15 is 0 Å². The first-order valence-corrected chi connectivity index (χ1v) is 8.88. The molecule has 0 unspecified atom stereocenters. The Kier molecular flexibility index (Phi) is 5.46. The number of nitrogens with zero attached hydrogens (tertiary/aromatic N) is 1. The van der Waals surface area contributed by atoms with Gasteiger partial charge in [-0.1, -0.05) is 0 Å². The van der Waals surface area contributed by atoms with Gasteiger partial charge >= 0.3 is 5.97 Å². The van der Waals surface area contributed by atoms with E-state index in [1.165, 1.54) is 0 Å². The Balaban J connectivity index is 1.75. The van der Waals surface area contributed by atoms with Gasteiger partial charge in [0.2, 0.25) is 0 Å². The molecule has 0 saturated carbocycles. The van der Waals surface area contributed by atoms with Crippen molar-refractivity contribution < 1.29 is 28.5 Å². The molecule has 3 saturated heterocycles. The molecule has 7 nitrogen and oxygen atoms in total. The van der Waals surface area contributed by atoms with Crippen molar-refractivity contribution in [2.45, 2.75) is 76.5 Å². The molecule has 0 aliphatic carbocycles. The first-order chi connectivity index (χ1) is 11.4. The van der Waals surface area contributed by atoms with Crippen LogP contribution in [0.5, 0.6) is 0 Å². The quantitative estimate of drug-likeness (QED) is 0.673. The van der Waals surface area contributed by atoms with Gasteiger partial charge in [0.15, 0.2) is 12.1 Å². The molecule has 0 N–H and O–H groups in total. The fourth-order valence-corrected chi connectivity index (χ4v) is 4.00. The predicted octanol–water partition coefficient (Wildman–Crippen LogP) is 1.30. The standard InChI is InChI=1S/C17H29NO6/c1-5-21-12(19)10-11(18-8-6-7-9-18)13-14(20-4)15-16(22-13)24-17(2,3)23-15/h11,13-16H,5-10H2,1-4H3/t11-,13+,14-,15+,16+/m0/s1. The average molecular weight is 343 g/mol. The lowest BCUT2D eigenvalue weighted by molar-refractivity contribution is -0.224.